The van der Waals surface area contributed by atoms with Crippen molar-refractivity contribution in [2.75, 3.05) is 11.9 Å². The van der Waals surface area contributed by atoms with Crippen LogP contribution in [0.2, 0.25) is 10.0 Å². The number of imide groups is 1. The van der Waals surface area contributed by atoms with Gasteiger partial charge in [0.1, 0.15) is 19.0 Å². The lowest BCUT2D eigenvalue weighted by Crippen LogP contribution is -2.36. The van der Waals surface area contributed by atoms with E-state index >= 15 is 0 Å². The summed E-state index contributed by atoms with van der Waals surface area (Å²) in [4.78, 5) is 38.8. The van der Waals surface area contributed by atoms with Crippen LogP contribution in [0.5, 0.6) is 5.75 Å². The molecule has 37 heavy (non-hydrogen) atoms. The molecule has 1 N–H and O–H groups in total. The second-order valence-corrected chi connectivity index (χ2v) is 10.2. The number of carbonyl (C=O) groups excluding carboxylic acids is 3. The molecule has 0 aromatic heterocycles. The van der Waals surface area contributed by atoms with Crippen molar-refractivity contribution in [2.24, 2.45) is 0 Å². The number of anilines is 1. The molecular weight excluding hydrogens is 538 g/mol. The molecule has 3 aromatic rings. The van der Waals surface area contributed by atoms with Crippen LogP contribution in [0.1, 0.15) is 22.3 Å². The molecule has 1 heterocycles. The number of amides is 3. The number of nitrogens with zero attached hydrogens (tertiary/aromatic N) is 1. The summed E-state index contributed by atoms with van der Waals surface area (Å²) in [6, 6.07) is 14.5. The summed E-state index contributed by atoms with van der Waals surface area (Å²) in [5.41, 5.74) is 3.75. The number of ether oxygens (including phenoxy) is 1. The van der Waals surface area contributed by atoms with Crippen molar-refractivity contribution in [2.45, 2.75) is 20.5 Å². The summed E-state index contributed by atoms with van der Waals surface area (Å²) < 4.78 is 19.1. The maximum absolute atomic E-state index is 13.4. The van der Waals surface area contributed by atoms with E-state index in [9.17, 15) is 18.8 Å². The minimum Gasteiger partial charge on any atom is -0.486 e. The summed E-state index contributed by atoms with van der Waals surface area (Å²) in [5, 5.41) is 2.52. The van der Waals surface area contributed by atoms with Crippen LogP contribution in [0.15, 0.2) is 59.5 Å². The molecule has 0 unspecified atom stereocenters. The van der Waals surface area contributed by atoms with E-state index in [1.807, 2.05) is 26.0 Å². The van der Waals surface area contributed by atoms with Gasteiger partial charge in [0.2, 0.25) is 5.91 Å². The van der Waals surface area contributed by atoms with Gasteiger partial charge in [0.15, 0.2) is 5.75 Å². The van der Waals surface area contributed by atoms with Gasteiger partial charge >= 0.3 is 0 Å². The molecule has 1 fully saturated rings. The molecule has 0 atom stereocenters. The molecule has 1 aliphatic rings. The van der Waals surface area contributed by atoms with Gasteiger partial charge in [0.05, 0.1) is 15.0 Å². The third-order valence-corrected chi connectivity index (χ3v) is 7.03. The van der Waals surface area contributed by atoms with E-state index in [1.165, 1.54) is 30.3 Å². The van der Waals surface area contributed by atoms with Crippen molar-refractivity contribution in [1.82, 2.24) is 4.90 Å². The predicted molar refractivity (Wildman–Crippen MR) is 144 cm³/mol. The fourth-order valence-corrected chi connectivity index (χ4v) is 4.99. The Morgan fingerprint density at radius 1 is 1.05 bits per heavy atom. The Labute approximate surface area is 227 Å². The Morgan fingerprint density at radius 2 is 1.78 bits per heavy atom. The molecular formula is C27H21Cl2FN2O4S. The van der Waals surface area contributed by atoms with Crippen molar-refractivity contribution in [1.29, 1.82) is 0 Å². The number of hydrogen-bond donors (Lipinski definition) is 1. The molecule has 3 amide bonds. The first-order valence-electron chi connectivity index (χ1n) is 11.1. The minimum atomic E-state index is -0.594. The SMILES string of the molecule is Cc1ccc(NC(=O)CN2C(=O)S/C(=C/c3cc(Cl)c(OCc4cccc(F)c4)c(Cl)c3)C2=O)cc1C. The predicted octanol–water partition coefficient (Wildman–Crippen LogP) is 7.00. The molecule has 10 heteroatoms. The number of halogens is 3. The van der Waals surface area contributed by atoms with Gasteiger partial charge in [-0.1, -0.05) is 41.4 Å². The Balaban J connectivity index is 1.43. The first-order chi connectivity index (χ1) is 17.6. The fraction of sp³-hybridized carbons (Fsp3) is 0.148. The van der Waals surface area contributed by atoms with Crippen LogP contribution >= 0.6 is 35.0 Å². The Morgan fingerprint density at radius 3 is 2.46 bits per heavy atom. The van der Waals surface area contributed by atoms with Crippen molar-refractivity contribution >= 4 is 63.8 Å². The second-order valence-electron chi connectivity index (χ2n) is 8.35. The van der Waals surface area contributed by atoms with Crippen molar-refractivity contribution in [3.8, 4) is 5.75 Å². The largest absolute Gasteiger partial charge is 0.486 e. The zero-order valence-electron chi connectivity index (χ0n) is 19.8. The van der Waals surface area contributed by atoms with E-state index in [1.54, 1.807) is 18.2 Å². The number of rotatable bonds is 7. The molecule has 3 aromatic carbocycles. The summed E-state index contributed by atoms with van der Waals surface area (Å²) in [7, 11) is 0. The zero-order valence-corrected chi connectivity index (χ0v) is 22.1. The normalized spacial score (nSPS) is 14.4. The zero-order chi connectivity index (χ0) is 26.7. The van der Waals surface area contributed by atoms with Gasteiger partial charge in [0, 0.05) is 5.69 Å². The van der Waals surface area contributed by atoms with Gasteiger partial charge in [0.25, 0.3) is 11.1 Å². The summed E-state index contributed by atoms with van der Waals surface area (Å²) in [6.45, 7) is 3.53. The molecule has 1 aliphatic heterocycles. The molecule has 1 saturated heterocycles. The van der Waals surface area contributed by atoms with Crippen molar-refractivity contribution in [3.05, 3.63) is 97.6 Å². The van der Waals surface area contributed by atoms with Gasteiger partial charge in [-0.3, -0.25) is 19.3 Å². The third-order valence-electron chi connectivity index (χ3n) is 5.56. The Kier molecular flexibility index (Phi) is 8.22. The molecule has 0 bridgehead atoms. The van der Waals surface area contributed by atoms with Crippen LogP contribution in [-0.2, 0) is 16.2 Å². The van der Waals surface area contributed by atoms with Crippen LogP contribution in [0.4, 0.5) is 14.9 Å². The van der Waals surface area contributed by atoms with E-state index in [-0.39, 0.29) is 33.1 Å². The lowest BCUT2D eigenvalue weighted by molar-refractivity contribution is -0.127. The van der Waals surface area contributed by atoms with E-state index < -0.39 is 23.6 Å². The monoisotopic (exact) mass is 558 g/mol. The molecule has 0 saturated carbocycles. The lowest BCUT2D eigenvalue weighted by atomic mass is 10.1. The number of carbonyl (C=O) groups is 3. The molecule has 6 nitrogen and oxygen atoms in total. The third kappa shape index (κ3) is 6.52. The summed E-state index contributed by atoms with van der Waals surface area (Å²) >= 11 is 13.4. The maximum Gasteiger partial charge on any atom is 0.294 e. The highest BCUT2D eigenvalue weighted by atomic mass is 35.5. The molecule has 0 spiro atoms. The Hall–Kier alpha value is -3.33. The summed E-state index contributed by atoms with van der Waals surface area (Å²) in [6.07, 6.45) is 1.47. The lowest BCUT2D eigenvalue weighted by Gasteiger charge is -2.13. The molecule has 0 radical (unpaired) electrons. The van der Waals surface area contributed by atoms with Crippen molar-refractivity contribution in [3.63, 3.8) is 0 Å². The van der Waals surface area contributed by atoms with Crippen LogP contribution < -0.4 is 10.1 Å². The highest BCUT2D eigenvalue weighted by molar-refractivity contribution is 8.18. The topological polar surface area (TPSA) is 75.7 Å². The quantitative estimate of drug-likeness (QED) is 0.316. The Bertz CT molecular complexity index is 1420. The minimum absolute atomic E-state index is 0.0552. The highest BCUT2D eigenvalue weighted by Crippen LogP contribution is 2.37. The van der Waals surface area contributed by atoms with Crippen LogP contribution in [0.25, 0.3) is 6.08 Å². The highest BCUT2D eigenvalue weighted by Gasteiger charge is 2.36. The van der Waals surface area contributed by atoms with Gasteiger partial charge < -0.3 is 10.1 Å². The smallest absolute Gasteiger partial charge is 0.294 e. The van der Waals surface area contributed by atoms with E-state index in [0.717, 1.165) is 27.8 Å². The van der Waals surface area contributed by atoms with Gasteiger partial charge in [-0.2, -0.15) is 0 Å². The number of benzene rings is 3. The van der Waals surface area contributed by atoms with Crippen LogP contribution in [-0.4, -0.2) is 28.5 Å². The number of aryl methyl sites for hydroxylation is 2. The van der Waals surface area contributed by atoms with Crippen LogP contribution in [0, 0.1) is 19.7 Å². The summed E-state index contributed by atoms with van der Waals surface area (Å²) in [5.74, 6) is -1.26. The standard InChI is InChI=1S/C27H21Cl2FN2O4S/c1-15-6-7-20(8-16(15)2)31-24(33)13-32-26(34)23(37-27(32)35)12-18-10-21(28)25(22(29)11-18)36-14-17-4-3-5-19(30)9-17/h3-12H,13-14H2,1-2H3,(H,31,33)/b23-12+. The maximum atomic E-state index is 13.4. The van der Waals surface area contributed by atoms with Gasteiger partial charge in [-0.15, -0.1) is 0 Å². The first-order valence-corrected chi connectivity index (χ1v) is 12.7. The van der Waals surface area contributed by atoms with Crippen molar-refractivity contribution < 1.29 is 23.5 Å². The van der Waals surface area contributed by atoms with Crippen LogP contribution in [0.3, 0.4) is 0 Å². The first kappa shape index (κ1) is 26.7. The number of thioether (sulfide) groups is 1. The number of nitrogens with one attached hydrogen (secondary N) is 1. The van der Waals surface area contributed by atoms with E-state index in [0.29, 0.717) is 16.8 Å². The fourth-order valence-electron chi connectivity index (χ4n) is 3.53. The molecule has 0 aliphatic carbocycles. The molecule has 190 valence electrons. The average Bonchev–Trinajstić information content (AvgIpc) is 3.08. The second kappa shape index (κ2) is 11.4. The average molecular weight is 559 g/mol. The van der Waals surface area contributed by atoms with Gasteiger partial charge in [-0.25, -0.2) is 4.39 Å². The van der Waals surface area contributed by atoms with E-state index in [4.69, 9.17) is 27.9 Å². The molecule has 4 rings (SSSR count). The van der Waals surface area contributed by atoms with E-state index in [2.05, 4.69) is 5.32 Å². The number of hydrogen-bond acceptors (Lipinski definition) is 5. The van der Waals surface area contributed by atoms with Gasteiger partial charge in [-0.05, 0) is 90.3 Å².